The standard InChI is InChI=1S/C20H25FN4O2/c1-13-5-4-8-25(11-13)20-22-15(3)9-19(24-20)27-12-18(26)23-17-10-16(21)7-6-14(17)2/h6-7,9-10,13H,4-5,8,11-12H2,1-3H3,(H,23,26). The van der Waals surface area contributed by atoms with E-state index in [0.29, 0.717) is 23.4 Å². The number of ether oxygens (including phenoxy) is 1. The molecule has 3 rings (SSSR count). The fraction of sp³-hybridized carbons (Fsp3) is 0.450. The number of benzene rings is 1. The molecule has 2 heterocycles. The molecular weight excluding hydrogens is 347 g/mol. The Kier molecular flexibility index (Phi) is 5.88. The average Bonchev–Trinajstić information content (AvgIpc) is 2.63. The van der Waals surface area contributed by atoms with Crippen molar-refractivity contribution in [2.24, 2.45) is 5.92 Å². The van der Waals surface area contributed by atoms with Gasteiger partial charge in [-0.05, 0) is 50.3 Å². The summed E-state index contributed by atoms with van der Waals surface area (Å²) in [6, 6.07) is 5.97. The van der Waals surface area contributed by atoms with E-state index in [2.05, 4.69) is 27.1 Å². The van der Waals surface area contributed by atoms with Gasteiger partial charge in [-0.25, -0.2) is 9.37 Å². The van der Waals surface area contributed by atoms with E-state index < -0.39 is 5.82 Å². The highest BCUT2D eigenvalue weighted by atomic mass is 19.1. The maximum absolute atomic E-state index is 13.3. The maximum Gasteiger partial charge on any atom is 0.262 e. The summed E-state index contributed by atoms with van der Waals surface area (Å²) in [5, 5.41) is 2.66. The number of carbonyl (C=O) groups excluding carboxylic acids is 1. The van der Waals surface area contributed by atoms with Crippen molar-refractivity contribution in [1.82, 2.24) is 9.97 Å². The normalized spacial score (nSPS) is 16.9. The summed E-state index contributed by atoms with van der Waals surface area (Å²) in [7, 11) is 0. The molecule has 0 radical (unpaired) electrons. The third-order valence-corrected chi connectivity index (χ3v) is 4.58. The lowest BCUT2D eigenvalue weighted by Crippen LogP contribution is -2.35. The van der Waals surface area contributed by atoms with Gasteiger partial charge in [0.25, 0.3) is 5.91 Å². The fourth-order valence-electron chi connectivity index (χ4n) is 3.17. The van der Waals surface area contributed by atoms with Crippen LogP contribution in [0.3, 0.4) is 0 Å². The van der Waals surface area contributed by atoms with Crippen molar-refractivity contribution in [3.05, 3.63) is 41.3 Å². The molecule has 1 N–H and O–H groups in total. The van der Waals surface area contributed by atoms with Crippen LogP contribution in [-0.4, -0.2) is 35.6 Å². The molecule has 144 valence electrons. The predicted octanol–water partition coefficient (Wildman–Crippen LogP) is 3.49. The third-order valence-electron chi connectivity index (χ3n) is 4.58. The second kappa shape index (κ2) is 8.33. The van der Waals surface area contributed by atoms with Crippen molar-refractivity contribution in [1.29, 1.82) is 0 Å². The molecule has 2 aromatic rings. The van der Waals surface area contributed by atoms with Gasteiger partial charge < -0.3 is 15.0 Å². The van der Waals surface area contributed by atoms with Crippen molar-refractivity contribution < 1.29 is 13.9 Å². The maximum atomic E-state index is 13.3. The molecule has 0 spiro atoms. The summed E-state index contributed by atoms with van der Waals surface area (Å²) in [4.78, 5) is 23.3. The Morgan fingerprint density at radius 3 is 2.93 bits per heavy atom. The van der Waals surface area contributed by atoms with Gasteiger partial charge in [0, 0.05) is 30.5 Å². The second-order valence-corrected chi connectivity index (χ2v) is 7.14. The number of hydrogen-bond donors (Lipinski definition) is 1. The molecule has 1 saturated heterocycles. The minimum Gasteiger partial charge on any atom is -0.467 e. The number of nitrogens with zero attached hydrogens (tertiary/aromatic N) is 3. The first kappa shape index (κ1) is 19.1. The van der Waals surface area contributed by atoms with Crippen LogP contribution >= 0.6 is 0 Å². The topological polar surface area (TPSA) is 67.3 Å². The molecule has 1 aliphatic heterocycles. The highest BCUT2D eigenvalue weighted by molar-refractivity contribution is 5.92. The summed E-state index contributed by atoms with van der Waals surface area (Å²) in [6.45, 7) is 7.53. The molecule has 7 heteroatoms. The van der Waals surface area contributed by atoms with Gasteiger partial charge in [-0.3, -0.25) is 4.79 Å². The minimum atomic E-state index is -0.399. The highest BCUT2D eigenvalue weighted by Crippen LogP contribution is 2.22. The molecule has 1 unspecified atom stereocenters. The molecule has 1 amide bonds. The molecule has 1 aliphatic rings. The number of piperidine rings is 1. The summed E-state index contributed by atoms with van der Waals surface area (Å²) >= 11 is 0. The lowest BCUT2D eigenvalue weighted by Gasteiger charge is -2.31. The lowest BCUT2D eigenvalue weighted by molar-refractivity contribution is -0.118. The van der Waals surface area contributed by atoms with Crippen molar-refractivity contribution in [3.8, 4) is 5.88 Å². The van der Waals surface area contributed by atoms with E-state index in [1.807, 2.05) is 6.92 Å². The number of hydrogen-bond acceptors (Lipinski definition) is 5. The van der Waals surface area contributed by atoms with E-state index >= 15 is 0 Å². The van der Waals surface area contributed by atoms with Gasteiger partial charge in [0.15, 0.2) is 6.61 Å². The third kappa shape index (κ3) is 5.15. The number of nitrogens with one attached hydrogen (secondary N) is 1. The van der Waals surface area contributed by atoms with Crippen LogP contribution in [0.15, 0.2) is 24.3 Å². The Labute approximate surface area is 158 Å². The molecule has 1 atom stereocenters. The van der Waals surface area contributed by atoms with Crippen LogP contribution in [-0.2, 0) is 4.79 Å². The molecule has 1 fully saturated rings. The zero-order chi connectivity index (χ0) is 19.4. The van der Waals surface area contributed by atoms with Gasteiger partial charge in [-0.1, -0.05) is 13.0 Å². The van der Waals surface area contributed by atoms with E-state index in [9.17, 15) is 9.18 Å². The number of aryl methyl sites for hydroxylation is 2. The van der Waals surface area contributed by atoms with Gasteiger partial charge >= 0.3 is 0 Å². The summed E-state index contributed by atoms with van der Waals surface area (Å²) in [5.74, 6) is 0.837. The van der Waals surface area contributed by atoms with Crippen LogP contribution in [0.1, 0.15) is 31.0 Å². The largest absolute Gasteiger partial charge is 0.467 e. The molecule has 1 aromatic carbocycles. The smallest absolute Gasteiger partial charge is 0.262 e. The molecule has 27 heavy (non-hydrogen) atoms. The number of halogens is 1. The van der Waals surface area contributed by atoms with E-state index in [-0.39, 0.29) is 12.5 Å². The van der Waals surface area contributed by atoms with Crippen LogP contribution in [0.25, 0.3) is 0 Å². The van der Waals surface area contributed by atoms with Crippen molar-refractivity contribution in [2.45, 2.75) is 33.6 Å². The quantitative estimate of drug-likeness (QED) is 0.870. The predicted molar refractivity (Wildman–Crippen MR) is 103 cm³/mol. The van der Waals surface area contributed by atoms with Gasteiger partial charge in [-0.15, -0.1) is 0 Å². The molecule has 0 aliphatic carbocycles. The summed E-state index contributed by atoms with van der Waals surface area (Å²) in [6.07, 6.45) is 2.33. The van der Waals surface area contributed by atoms with Crippen LogP contribution in [0.4, 0.5) is 16.0 Å². The van der Waals surface area contributed by atoms with Crippen LogP contribution in [0, 0.1) is 25.6 Å². The van der Waals surface area contributed by atoms with Gasteiger partial charge in [0.05, 0.1) is 0 Å². The zero-order valence-electron chi connectivity index (χ0n) is 16.0. The number of amides is 1. The average molecular weight is 372 g/mol. The van der Waals surface area contributed by atoms with Gasteiger partial charge in [0.2, 0.25) is 11.8 Å². The summed E-state index contributed by atoms with van der Waals surface area (Å²) < 4.78 is 18.9. The SMILES string of the molecule is Cc1cc(OCC(=O)Nc2cc(F)ccc2C)nc(N2CCCC(C)C2)n1. The monoisotopic (exact) mass is 372 g/mol. The van der Waals surface area contributed by atoms with E-state index in [1.165, 1.54) is 18.6 Å². The highest BCUT2D eigenvalue weighted by Gasteiger charge is 2.19. The Balaban J connectivity index is 1.63. The molecule has 0 bridgehead atoms. The summed E-state index contributed by atoms with van der Waals surface area (Å²) in [5.41, 5.74) is 2.00. The minimum absolute atomic E-state index is 0.206. The fourth-order valence-corrected chi connectivity index (χ4v) is 3.17. The number of aromatic nitrogens is 2. The van der Waals surface area contributed by atoms with Crippen molar-refractivity contribution >= 4 is 17.5 Å². The van der Waals surface area contributed by atoms with E-state index in [0.717, 1.165) is 30.8 Å². The first-order valence-electron chi connectivity index (χ1n) is 9.20. The van der Waals surface area contributed by atoms with Crippen LogP contribution in [0.5, 0.6) is 5.88 Å². The lowest BCUT2D eigenvalue weighted by atomic mass is 10.0. The van der Waals surface area contributed by atoms with E-state index in [4.69, 9.17) is 4.74 Å². The second-order valence-electron chi connectivity index (χ2n) is 7.14. The van der Waals surface area contributed by atoms with Crippen molar-refractivity contribution in [2.75, 3.05) is 29.9 Å². The van der Waals surface area contributed by atoms with Gasteiger partial charge in [-0.2, -0.15) is 4.98 Å². The number of rotatable bonds is 5. The first-order chi connectivity index (χ1) is 12.9. The molecule has 1 aromatic heterocycles. The number of carbonyl (C=O) groups is 1. The molecule has 6 nitrogen and oxygen atoms in total. The van der Waals surface area contributed by atoms with Crippen LogP contribution in [0.2, 0.25) is 0 Å². The molecule has 0 saturated carbocycles. The Bertz CT molecular complexity index is 828. The van der Waals surface area contributed by atoms with Crippen LogP contribution < -0.4 is 15.0 Å². The van der Waals surface area contributed by atoms with Gasteiger partial charge in [0.1, 0.15) is 5.82 Å². The first-order valence-corrected chi connectivity index (χ1v) is 9.20. The molecular formula is C20H25FN4O2. The Morgan fingerprint density at radius 2 is 2.15 bits per heavy atom. The Morgan fingerprint density at radius 1 is 1.33 bits per heavy atom. The van der Waals surface area contributed by atoms with Crippen molar-refractivity contribution in [3.63, 3.8) is 0 Å². The van der Waals surface area contributed by atoms with E-state index in [1.54, 1.807) is 19.1 Å². The number of anilines is 2. The Hall–Kier alpha value is -2.70. The zero-order valence-corrected chi connectivity index (χ0v) is 16.0.